The summed E-state index contributed by atoms with van der Waals surface area (Å²) in [6.07, 6.45) is 3.64. The van der Waals surface area contributed by atoms with Crippen molar-refractivity contribution < 1.29 is 22.7 Å². The molecule has 0 spiro atoms. The third kappa shape index (κ3) is 6.17. The largest absolute Gasteiger partial charge is 0.493 e. The summed E-state index contributed by atoms with van der Waals surface area (Å²) in [6.45, 7) is 2.43. The molecule has 0 saturated carbocycles. The van der Waals surface area contributed by atoms with Gasteiger partial charge in [-0.05, 0) is 61.4 Å². The number of hydrogen-bond acceptors (Lipinski definition) is 7. The first-order valence-corrected chi connectivity index (χ1v) is 11.4. The highest BCUT2D eigenvalue weighted by atomic mass is 32.2. The molecule has 0 atom stereocenters. The highest BCUT2D eigenvalue weighted by Gasteiger charge is 2.15. The number of sulfonamides is 1. The first-order valence-electron chi connectivity index (χ1n) is 9.90. The molecule has 168 valence electrons. The zero-order chi connectivity index (χ0) is 23.0. The molecule has 0 saturated heterocycles. The molecule has 0 fully saturated rings. The van der Waals surface area contributed by atoms with Gasteiger partial charge in [0, 0.05) is 24.5 Å². The number of aryl methyl sites for hydroxylation is 1. The van der Waals surface area contributed by atoms with Crippen LogP contribution in [0.2, 0.25) is 0 Å². The van der Waals surface area contributed by atoms with Gasteiger partial charge in [0.05, 0.1) is 18.6 Å². The molecule has 1 aromatic heterocycles. The Labute approximate surface area is 186 Å². The van der Waals surface area contributed by atoms with Crippen LogP contribution in [0.1, 0.15) is 18.9 Å². The SMILES string of the molecule is CCOc1ccc(CCC(=O)Nc2ccc(S(=O)(=O)Nc3ncccn3)cc2)cc1OC. The summed E-state index contributed by atoms with van der Waals surface area (Å²) in [5, 5.41) is 2.77. The summed E-state index contributed by atoms with van der Waals surface area (Å²) in [4.78, 5) is 20.0. The Balaban J connectivity index is 1.57. The highest BCUT2D eigenvalue weighted by molar-refractivity contribution is 7.92. The Morgan fingerprint density at radius 2 is 1.75 bits per heavy atom. The minimum Gasteiger partial charge on any atom is -0.493 e. The molecule has 0 radical (unpaired) electrons. The molecule has 3 rings (SSSR count). The van der Waals surface area contributed by atoms with E-state index in [1.807, 2.05) is 25.1 Å². The Kier molecular flexibility index (Phi) is 7.61. The van der Waals surface area contributed by atoms with Crippen LogP contribution in [-0.4, -0.2) is 38.0 Å². The number of ether oxygens (including phenoxy) is 2. The predicted molar refractivity (Wildman–Crippen MR) is 120 cm³/mol. The molecule has 0 aliphatic heterocycles. The second-order valence-electron chi connectivity index (χ2n) is 6.67. The first-order chi connectivity index (χ1) is 15.4. The molecule has 32 heavy (non-hydrogen) atoms. The van der Waals surface area contributed by atoms with E-state index in [4.69, 9.17) is 9.47 Å². The van der Waals surface area contributed by atoms with Gasteiger partial charge >= 0.3 is 0 Å². The molecule has 3 aromatic rings. The van der Waals surface area contributed by atoms with Crippen molar-refractivity contribution in [3.05, 3.63) is 66.5 Å². The lowest BCUT2D eigenvalue weighted by Gasteiger charge is -2.11. The zero-order valence-electron chi connectivity index (χ0n) is 17.7. The van der Waals surface area contributed by atoms with Gasteiger partial charge in [0.15, 0.2) is 11.5 Å². The number of benzene rings is 2. The van der Waals surface area contributed by atoms with E-state index in [2.05, 4.69) is 20.0 Å². The van der Waals surface area contributed by atoms with Gasteiger partial charge in [-0.1, -0.05) is 6.07 Å². The second-order valence-corrected chi connectivity index (χ2v) is 8.35. The minimum atomic E-state index is -3.83. The fraction of sp³-hybridized carbons (Fsp3) is 0.227. The Bertz CT molecular complexity index is 1150. The van der Waals surface area contributed by atoms with Crippen LogP contribution in [0.5, 0.6) is 11.5 Å². The number of aromatic nitrogens is 2. The lowest BCUT2D eigenvalue weighted by atomic mass is 10.1. The number of carbonyl (C=O) groups is 1. The second kappa shape index (κ2) is 10.6. The number of amides is 1. The normalized spacial score (nSPS) is 10.9. The van der Waals surface area contributed by atoms with Crippen LogP contribution in [-0.2, 0) is 21.2 Å². The van der Waals surface area contributed by atoms with Crippen molar-refractivity contribution in [2.45, 2.75) is 24.7 Å². The van der Waals surface area contributed by atoms with Crippen molar-refractivity contribution in [1.82, 2.24) is 9.97 Å². The maximum atomic E-state index is 12.4. The standard InChI is InChI=1S/C22H24N4O5S/c1-3-31-19-11-5-16(15-20(19)30-2)6-12-21(27)25-17-7-9-18(10-8-17)32(28,29)26-22-23-13-4-14-24-22/h4-5,7-11,13-15H,3,6,12H2,1-2H3,(H,25,27)(H,23,24,26). The van der Waals surface area contributed by atoms with Gasteiger partial charge in [-0.25, -0.2) is 23.1 Å². The van der Waals surface area contributed by atoms with E-state index in [-0.39, 0.29) is 23.2 Å². The number of hydrogen-bond donors (Lipinski definition) is 2. The van der Waals surface area contributed by atoms with Crippen molar-refractivity contribution in [1.29, 1.82) is 0 Å². The van der Waals surface area contributed by atoms with E-state index < -0.39 is 10.0 Å². The first kappa shape index (κ1) is 23.0. The van der Waals surface area contributed by atoms with Gasteiger partial charge in [0.25, 0.3) is 10.0 Å². The van der Waals surface area contributed by atoms with E-state index in [0.29, 0.717) is 30.2 Å². The van der Waals surface area contributed by atoms with Crippen LogP contribution in [0, 0.1) is 0 Å². The van der Waals surface area contributed by atoms with Gasteiger partial charge in [-0.3, -0.25) is 4.79 Å². The number of methoxy groups -OCH3 is 1. The molecule has 9 nitrogen and oxygen atoms in total. The molecule has 2 N–H and O–H groups in total. The van der Waals surface area contributed by atoms with E-state index >= 15 is 0 Å². The van der Waals surface area contributed by atoms with Gasteiger partial charge in [0.1, 0.15) is 0 Å². The number of rotatable bonds is 10. The molecule has 0 unspecified atom stereocenters. The topological polar surface area (TPSA) is 120 Å². The summed E-state index contributed by atoms with van der Waals surface area (Å²) in [6, 6.07) is 13.0. The molecular weight excluding hydrogens is 432 g/mol. The van der Waals surface area contributed by atoms with Crippen molar-refractivity contribution in [3.8, 4) is 11.5 Å². The van der Waals surface area contributed by atoms with Crippen molar-refractivity contribution in [2.24, 2.45) is 0 Å². The van der Waals surface area contributed by atoms with Crippen LogP contribution in [0.25, 0.3) is 0 Å². The number of nitrogens with one attached hydrogen (secondary N) is 2. The molecule has 1 amide bonds. The smallest absolute Gasteiger partial charge is 0.264 e. The summed E-state index contributed by atoms with van der Waals surface area (Å²) in [5.41, 5.74) is 1.44. The maximum absolute atomic E-state index is 12.4. The maximum Gasteiger partial charge on any atom is 0.264 e. The Morgan fingerprint density at radius 1 is 1.03 bits per heavy atom. The summed E-state index contributed by atoms with van der Waals surface area (Å²) in [5.74, 6) is 1.07. The Hall–Kier alpha value is -3.66. The average molecular weight is 457 g/mol. The van der Waals surface area contributed by atoms with Gasteiger partial charge in [-0.2, -0.15) is 0 Å². The van der Waals surface area contributed by atoms with Crippen LogP contribution < -0.4 is 19.5 Å². The molecule has 2 aromatic carbocycles. The predicted octanol–water partition coefficient (Wildman–Crippen LogP) is 3.26. The van der Waals surface area contributed by atoms with E-state index in [9.17, 15) is 13.2 Å². The number of carbonyl (C=O) groups excluding carboxylic acids is 1. The number of nitrogens with zero attached hydrogens (tertiary/aromatic N) is 2. The Morgan fingerprint density at radius 3 is 2.41 bits per heavy atom. The minimum absolute atomic E-state index is 0.0178. The van der Waals surface area contributed by atoms with E-state index in [1.165, 1.54) is 36.7 Å². The fourth-order valence-corrected chi connectivity index (χ4v) is 3.83. The van der Waals surface area contributed by atoms with Gasteiger partial charge in [-0.15, -0.1) is 0 Å². The van der Waals surface area contributed by atoms with Crippen LogP contribution in [0.4, 0.5) is 11.6 Å². The van der Waals surface area contributed by atoms with Crippen LogP contribution >= 0.6 is 0 Å². The van der Waals surface area contributed by atoms with Gasteiger partial charge in [0.2, 0.25) is 11.9 Å². The summed E-state index contributed by atoms with van der Waals surface area (Å²) in [7, 11) is -2.26. The molecule has 1 heterocycles. The lowest BCUT2D eigenvalue weighted by Crippen LogP contribution is -2.15. The van der Waals surface area contributed by atoms with E-state index in [0.717, 1.165) is 5.56 Å². The summed E-state index contributed by atoms with van der Waals surface area (Å²) >= 11 is 0. The third-order valence-corrected chi connectivity index (χ3v) is 5.75. The third-order valence-electron chi connectivity index (χ3n) is 4.41. The van der Waals surface area contributed by atoms with Crippen LogP contribution in [0.15, 0.2) is 65.8 Å². The van der Waals surface area contributed by atoms with Crippen molar-refractivity contribution in [2.75, 3.05) is 23.8 Å². The molecule has 10 heteroatoms. The molecule has 0 aliphatic rings. The zero-order valence-corrected chi connectivity index (χ0v) is 18.6. The quantitative estimate of drug-likeness (QED) is 0.480. The molecular formula is C22H24N4O5S. The number of anilines is 2. The van der Waals surface area contributed by atoms with Crippen molar-refractivity contribution in [3.63, 3.8) is 0 Å². The molecule has 0 aliphatic carbocycles. The van der Waals surface area contributed by atoms with Gasteiger partial charge < -0.3 is 14.8 Å². The highest BCUT2D eigenvalue weighted by Crippen LogP contribution is 2.28. The van der Waals surface area contributed by atoms with Crippen LogP contribution in [0.3, 0.4) is 0 Å². The monoisotopic (exact) mass is 456 g/mol. The average Bonchev–Trinajstić information content (AvgIpc) is 2.79. The summed E-state index contributed by atoms with van der Waals surface area (Å²) < 4.78 is 38.0. The van der Waals surface area contributed by atoms with Crippen molar-refractivity contribution >= 4 is 27.6 Å². The fourth-order valence-electron chi connectivity index (χ4n) is 2.87. The van der Waals surface area contributed by atoms with E-state index in [1.54, 1.807) is 13.2 Å². The molecule has 0 bridgehead atoms. The lowest BCUT2D eigenvalue weighted by molar-refractivity contribution is -0.116.